The van der Waals surface area contributed by atoms with Gasteiger partial charge in [-0.1, -0.05) is 45.0 Å². The number of nitrogens with one attached hydrogen (secondary N) is 1. The quantitative estimate of drug-likeness (QED) is 0.682. The molecule has 3 heteroatoms. The number of H-pyrrole nitrogens is 1. The van der Waals surface area contributed by atoms with Crippen molar-refractivity contribution in [3.8, 4) is 11.1 Å². The molecule has 2 aromatic carbocycles. The van der Waals surface area contributed by atoms with E-state index in [1.807, 2.05) is 24.3 Å². The van der Waals surface area contributed by atoms with E-state index in [0.29, 0.717) is 0 Å². The lowest BCUT2D eigenvalue weighted by molar-refractivity contribution is 0.554. The molecule has 1 N–H and O–H groups in total. The number of aromatic amines is 1. The molecule has 0 spiro atoms. The number of imidazole rings is 1. The fourth-order valence-corrected chi connectivity index (χ4v) is 2.28. The summed E-state index contributed by atoms with van der Waals surface area (Å²) in [6, 6.07) is 12.6. The fourth-order valence-electron chi connectivity index (χ4n) is 2.28. The van der Waals surface area contributed by atoms with Gasteiger partial charge in [0.05, 0.1) is 11.0 Å². The lowest BCUT2D eigenvalue weighted by Crippen LogP contribution is -2.12. The molecule has 3 aromatic rings. The minimum absolute atomic E-state index is 0.0434. The number of rotatable bonds is 1. The maximum absolute atomic E-state index is 13.4. The Morgan fingerprint density at radius 1 is 1.05 bits per heavy atom. The van der Waals surface area contributed by atoms with Crippen molar-refractivity contribution in [1.29, 1.82) is 0 Å². The van der Waals surface area contributed by atoms with Crippen molar-refractivity contribution in [2.24, 2.45) is 0 Å². The molecule has 102 valence electrons. The van der Waals surface area contributed by atoms with Crippen molar-refractivity contribution in [2.75, 3.05) is 0 Å². The van der Waals surface area contributed by atoms with Gasteiger partial charge in [-0.2, -0.15) is 0 Å². The van der Waals surface area contributed by atoms with Gasteiger partial charge in [-0.25, -0.2) is 9.37 Å². The van der Waals surface area contributed by atoms with E-state index in [2.05, 4.69) is 25.8 Å². The maximum Gasteiger partial charge on any atom is 0.123 e. The second-order valence-electron chi connectivity index (χ2n) is 6.05. The third kappa shape index (κ3) is 2.20. The zero-order valence-corrected chi connectivity index (χ0v) is 11.9. The number of hydrogen-bond donors (Lipinski definition) is 1. The summed E-state index contributed by atoms with van der Waals surface area (Å²) in [6.07, 6.45) is 0. The van der Waals surface area contributed by atoms with E-state index >= 15 is 0 Å². The van der Waals surface area contributed by atoms with Crippen LogP contribution in [0.2, 0.25) is 0 Å². The highest BCUT2D eigenvalue weighted by Crippen LogP contribution is 2.30. The first-order valence-electron chi connectivity index (χ1n) is 6.70. The molecular weight excluding hydrogens is 251 g/mol. The first-order valence-corrected chi connectivity index (χ1v) is 6.70. The largest absolute Gasteiger partial charge is 0.342 e. The van der Waals surface area contributed by atoms with Crippen molar-refractivity contribution in [3.63, 3.8) is 0 Å². The summed E-state index contributed by atoms with van der Waals surface area (Å²) in [6.45, 7) is 6.35. The third-order valence-corrected chi connectivity index (χ3v) is 3.36. The maximum atomic E-state index is 13.4. The molecule has 0 atom stereocenters. The smallest absolute Gasteiger partial charge is 0.123 e. The SMILES string of the molecule is CC(C)(C)c1nc2c(-c3cccc(F)c3)cccc2[nH]1. The molecule has 0 saturated carbocycles. The van der Waals surface area contributed by atoms with Crippen LogP contribution in [0.1, 0.15) is 26.6 Å². The Morgan fingerprint density at radius 2 is 1.80 bits per heavy atom. The summed E-state index contributed by atoms with van der Waals surface area (Å²) in [4.78, 5) is 8.07. The van der Waals surface area contributed by atoms with Crippen LogP contribution in [0.4, 0.5) is 4.39 Å². The first kappa shape index (κ1) is 12.9. The summed E-state index contributed by atoms with van der Waals surface area (Å²) in [5.41, 5.74) is 3.63. The van der Waals surface area contributed by atoms with Crippen molar-refractivity contribution in [3.05, 3.63) is 54.1 Å². The summed E-state index contributed by atoms with van der Waals surface area (Å²) < 4.78 is 13.4. The molecule has 0 amide bonds. The zero-order chi connectivity index (χ0) is 14.3. The van der Waals surface area contributed by atoms with Gasteiger partial charge in [0, 0.05) is 11.0 Å². The van der Waals surface area contributed by atoms with Gasteiger partial charge in [0.2, 0.25) is 0 Å². The van der Waals surface area contributed by atoms with Gasteiger partial charge < -0.3 is 4.98 Å². The van der Waals surface area contributed by atoms with Crippen LogP contribution in [0.15, 0.2) is 42.5 Å². The van der Waals surface area contributed by atoms with E-state index < -0.39 is 0 Å². The van der Waals surface area contributed by atoms with Gasteiger partial charge in [0.25, 0.3) is 0 Å². The number of nitrogens with zero attached hydrogens (tertiary/aromatic N) is 1. The van der Waals surface area contributed by atoms with Crippen LogP contribution in [0.25, 0.3) is 22.2 Å². The predicted molar refractivity (Wildman–Crippen MR) is 80.2 cm³/mol. The molecule has 20 heavy (non-hydrogen) atoms. The minimum Gasteiger partial charge on any atom is -0.342 e. The molecule has 0 aliphatic rings. The number of hydrogen-bond acceptors (Lipinski definition) is 1. The Morgan fingerprint density at radius 3 is 2.50 bits per heavy atom. The molecule has 3 rings (SSSR count). The van der Waals surface area contributed by atoms with Gasteiger partial charge in [0.15, 0.2) is 0 Å². The molecule has 0 saturated heterocycles. The van der Waals surface area contributed by atoms with Crippen LogP contribution in [-0.2, 0) is 5.41 Å². The number of halogens is 1. The topological polar surface area (TPSA) is 28.7 Å². The van der Waals surface area contributed by atoms with E-state index in [1.54, 1.807) is 12.1 Å². The Balaban J connectivity index is 2.24. The average molecular weight is 268 g/mol. The lowest BCUT2D eigenvalue weighted by Gasteiger charge is -2.13. The molecule has 0 bridgehead atoms. The number of aromatic nitrogens is 2. The standard InChI is InChI=1S/C17H17FN2/c1-17(2,3)16-19-14-9-5-8-13(15(14)20-16)11-6-4-7-12(18)10-11/h4-10H,1-3H3,(H,19,20). The Hall–Kier alpha value is -2.16. The molecule has 1 aromatic heterocycles. The zero-order valence-electron chi connectivity index (χ0n) is 11.9. The van der Waals surface area contributed by atoms with Gasteiger partial charge in [-0.15, -0.1) is 0 Å². The molecule has 1 heterocycles. The number of para-hydroxylation sites is 1. The van der Waals surface area contributed by atoms with Crippen molar-refractivity contribution >= 4 is 11.0 Å². The van der Waals surface area contributed by atoms with E-state index in [1.165, 1.54) is 6.07 Å². The average Bonchev–Trinajstić information content (AvgIpc) is 2.82. The molecule has 0 aliphatic heterocycles. The summed E-state index contributed by atoms with van der Waals surface area (Å²) in [7, 11) is 0. The van der Waals surface area contributed by atoms with Gasteiger partial charge >= 0.3 is 0 Å². The van der Waals surface area contributed by atoms with Crippen LogP contribution in [-0.4, -0.2) is 9.97 Å². The number of benzene rings is 2. The van der Waals surface area contributed by atoms with Crippen molar-refractivity contribution in [1.82, 2.24) is 9.97 Å². The second kappa shape index (κ2) is 4.44. The van der Waals surface area contributed by atoms with Crippen LogP contribution in [0, 0.1) is 5.82 Å². The second-order valence-corrected chi connectivity index (χ2v) is 6.05. The highest BCUT2D eigenvalue weighted by molar-refractivity contribution is 5.92. The highest BCUT2D eigenvalue weighted by atomic mass is 19.1. The molecule has 0 aliphatic carbocycles. The van der Waals surface area contributed by atoms with Crippen molar-refractivity contribution in [2.45, 2.75) is 26.2 Å². The lowest BCUT2D eigenvalue weighted by atomic mass is 9.96. The van der Waals surface area contributed by atoms with Crippen molar-refractivity contribution < 1.29 is 4.39 Å². The first-order chi connectivity index (χ1) is 9.45. The van der Waals surface area contributed by atoms with Gasteiger partial charge in [0.1, 0.15) is 11.6 Å². The van der Waals surface area contributed by atoms with Gasteiger partial charge in [-0.05, 0) is 23.8 Å². The van der Waals surface area contributed by atoms with E-state index in [9.17, 15) is 4.39 Å². The summed E-state index contributed by atoms with van der Waals surface area (Å²) in [5, 5.41) is 0. The highest BCUT2D eigenvalue weighted by Gasteiger charge is 2.19. The monoisotopic (exact) mass is 268 g/mol. The Labute approximate surface area is 117 Å². The Bertz CT molecular complexity index is 766. The molecular formula is C17H17FN2. The molecule has 0 fully saturated rings. The van der Waals surface area contributed by atoms with E-state index in [0.717, 1.165) is 28.0 Å². The normalized spacial score (nSPS) is 12.0. The molecule has 2 nitrogen and oxygen atoms in total. The minimum atomic E-state index is -0.230. The molecule has 0 radical (unpaired) electrons. The van der Waals surface area contributed by atoms with Crippen LogP contribution in [0.3, 0.4) is 0 Å². The summed E-state index contributed by atoms with van der Waals surface area (Å²) in [5.74, 6) is 0.711. The van der Waals surface area contributed by atoms with Crippen LogP contribution < -0.4 is 0 Å². The fraction of sp³-hybridized carbons (Fsp3) is 0.235. The van der Waals surface area contributed by atoms with Crippen LogP contribution >= 0.6 is 0 Å². The van der Waals surface area contributed by atoms with E-state index in [4.69, 9.17) is 4.98 Å². The number of fused-ring (bicyclic) bond motifs is 1. The Kier molecular flexibility index (Phi) is 2.85. The summed E-state index contributed by atoms with van der Waals surface area (Å²) >= 11 is 0. The van der Waals surface area contributed by atoms with E-state index in [-0.39, 0.29) is 11.2 Å². The molecule has 0 unspecified atom stereocenters. The predicted octanol–water partition coefficient (Wildman–Crippen LogP) is 4.67. The van der Waals surface area contributed by atoms with Crippen LogP contribution in [0.5, 0.6) is 0 Å². The third-order valence-electron chi connectivity index (χ3n) is 3.36. The van der Waals surface area contributed by atoms with Gasteiger partial charge in [-0.3, -0.25) is 0 Å².